The molecule has 0 bridgehead atoms. The van der Waals surface area contributed by atoms with Crippen LogP contribution in [0.5, 0.6) is 0 Å². The SMILES string of the molecule is CCCCCCCCCCCC=CC(=O)NC1CCOC1=O. The van der Waals surface area contributed by atoms with Crippen molar-refractivity contribution in [3.05, 3.63) is 12.2 Å². The maximum atomic E-state index is 11.6. The molecule has 1 fully saturated rings. The zero-order valence-electron chi connectivity index (χ0n) is 13.9. The van der Waals surface area contributed by atoms with Gasteiger partial charge in [0.1, 0.15) is 6.04 Å². The number of amides is 1. The lowest BCUT2D eigenvalue weighted by Gasteiger charge is -2.05. The molecule has 0 radical (unpaired) electrons. The lowest BCUT2D eigenvalue weighted by molar-refractivity contribution is -0.140. The smallest absolute Gasteiger partial charge is 0.328 e. The third kappa shape index (κ3) is 8.85. The fourth-order valence-corrected chi connectivity index (χ4v) is 2.61. The molecule has 0 spiro atoms. The third-order valence-electron chi connectivity index (χ3n) is 4.00. The van der Waals surface area contributed by atoms with Crippen molar-refractivity contribution in [1.29, 1.82) is 0 Å². The molecule has 4 heteroatoms. The van der Waals surface area contributed by atoms with Gasteiger partial charge in [-0.05, 0) is 18.9 Å². The number of esters is 1. The van der Waals surface area contributed by atoms with Crippen LogP contribution in [0.4, 0.5) is 0 Å². The van der Waals surface area contributed by atoms with E-state index in [1.165, 1.54) is 57.4 Å². The van der Waals surface area contributed by atoms with Crippen LogP contribution in [0.25, 0.3) is 0 Å². The molecule has 1 aliphatic rings. The number of unbranched alkanes of at least 4 members (excludes halogenated alkanes) is 9. The molecule has 4 nitrogen and oxygen atoms in total. The molecule has 1 aliphatic heterocycles. The first kappa shape index (κ1) is 18.7. The van der Waals surface area contributed by atoms with Crippen LogP contribution in [0.1, 0.15) is 77.6 Å². The van der Waals surface area contributed by atoms with Crippen molar-refractivity contribution >= 4 is 11.9 Å². The topological polar surface area (TPSA) is 55.4 Å². The van der Waals surface area contributed by atoms with Crippen LogP contribution in [0.2, 0.25) is 0 Å². The number of ether oxygens (including phenoxy) is 1. The minimum atomic E-state index is -0.454. The van der Waals surface area contributed by atoms with E-state index in [0.29, 0.717) is 13.0 Å². The average Bonchev–Trinajstić information content (AvgIpc) is 2.90. The third-order valence-corrected chi connectivity index (χ3v) is 4.00. The Morgan fingerprint density at radius 1 is 1.14 bits per heavy atom. The summed E-state index contributed by atoms with van der Waals surface area (Å²) in [4.78, 5) is 22.8. The lowest BCUT2D eigenvalue weighted by atomic mass is 10.1. The molecule has 126 valence electrons. The fourth-order valence-electron chi connectivity index (χ4n) is 2.61. The van der Waals surface area contributed by atoms with Crippen molar-refractivity contribution in [3.8, 4) is 0 Å². The van der Waals surface area contributed by atoms with Gasteiger partial charge in [0, 0.05) is 6.42 Å². The number of carbonyl (C=O) groups is 2. The van der Waals surface area contributed by atoms with Crippen LogP contribution in [0.15, 0.2) is 12.2 Å². The predicted molar refractivity (Wildman–Crippen MR) is 88.5 cm³/mol. The number of cyclic esters (lactones) is 1. The molecule has 1 saturated heterocycles. The number of rotatable bonds is 12. The Balaban J connectivity index is 1.91. The first-order valence-corrected chi connectivity index (χ1v) is 8.87. The van der Waals surface area contributed by atoms with Gasteiger partial charge in [-0.15, -0.1) is 0 Å². The molecule has 22 heavy (non-hydrogen) atoms. The molecule has 0 aromatic rings. The van der Waals surface area contributed by atoms with E-state index >= 15 is 0 Å². The van der Waals surface area contributed by atoms with E-state index < -0.39 is 6.04 Å². The molecule has 1 rings (SSSR count). The lowest BCUT2D eigenvalue weighted by Crippen LogP contribution is -2.36. The number of carbonyl (C=O) groups excluding carboxylic acids is 2. The second-order valence-electron chi connectivity index (χ2n) is 6.04. The van der Waals surface area contributed by atoms with Gasteiger partial charge < -0.3 is 10.1 Å². The van der Waals surface area contributed by atoms with Gasteiger partial charge in [-0.25, -0.2) is 4.79 Å². The molecule has 0 aromatic heterocycles. The van der Waals surface area contributed by atoms with Crippen LogP contribution in [0.3, 0.4) is 0 Å². The second-order valence-corrected chi connectivity index (χ2v) is 6.04. The van der Waals surface area contributed by atoms with E-state index in [9.17, 15) is 9.59 Å². The van der Waals surface area contributed by atoms with Crippen LogP contribution in [-0.4, -0.2) is 24.5 Å². The van der Waals surface area contributed by atoms with Gasteiger partial charge in [-0.3, -0.25) is 4.79 Å². The highest BCUT2D eigenvalue weighted by atomic mass is 16.5. The van der Waals surface area contributed by atoms with Gasteiger partial charge in [0.2, 0.25) is 5.91 Å². The van der Waals surface area contributed by atoms with Crippen molar-refractivity contribution in [3.63, 3.8) is 0 Å². The molecular formula is C18H31NO3. The van der Waals surface area contributed by atoms with Crippen molar-refractivity contribution in [2.75, 3.05) is 6.61 Å². The number of allylic oxidation sites excluding steroid dienone is 1. The number of hydrogen-bond donors (Lipinski definition) is 1. The van der Waals surface area contributed by atoms with E-state index in [0.717, 1.165) is 12.8 Å². The van der Waals surface area contributed by atoms with Crippen molar-refractivity contribution in [1.82, 2.24) is 5.32 Å². The molecule has 1 heterocycles. The summed E-state index contributed by atoms with van der Waals surface area (Å²) in [6.45, 7) is 2.65. The van der Waals surface area contributed by atoms with Gasteiger partial charge in [0.15, 0.2) is 0 Å². The molecule has 1 N–H and O–H groups in total. The van der Waals surface area contributed by atoms with Crippen LogP contribution >= 0.6 is 0 Å². The maximum Gasteiger partial charge on any atom is 0.328 e. The normalized spacial score (nSPS) is 17.9. The first-order chi connectivity index (χ1) is 10.7. The molecule has 0 aliphatic carbocycles. The Labute approximate surface area is 134 Å². The summed E-state index contributed by atoms with van der Waals surface area (Å²) < 4.78 is 4.80. The Morgan fingerprint density at radius 2 is 1.77 bits per heavy atom. The maximum absolute atomic E-state index is 11.6. The van der Waals surface area contributed by atoms with Crippen molar-refractivity contribution in [2.24, 2.45) is 0 Å². The van der Waals surface area contributed by atoms with Gasteiger partial charge >= 0.3 is 5.97 Å². The molecular weight excluding hydrogens is 278 g/mol. The molecule has 1 amide bonds. The number of nitrogens with one attached hydrogen (secondary N) is 1. The van der Waals surface area contributed by atoms with Crippen molar-refractivity contribution in [2.45, 2.75) is 83.6 Å². The highest BCUT2D eigenvalue weighted by molar-refractivity contribution is 5.91. The molecule has 0 aromatic carbocycles. The minimum absolute atomic E-state index is 0.195. The van der Waals surface area contributed by atoms with Crippen molar-refractivity contribution < 1.29 is 14.3 Å². The average molecular weight is 309 g/mol. The summed E-state index contributed by atoms with van der Waals surface area (Å²) in [5.74, 6) is -0.513. The summed E-state index contributed by atoms with van der Waals surface area (Å²) in [7, 11) is 0. The summed E-state index contributed by atoms with van der Waals surface area (Å²) >= 11 is 0. The van der Waals surface area contributed by atoms with Crippen LogP contribution < -0.4 is 5.32 Å². The van der Waals surface area contributed by atoms with E-state index in [-0.39, 0.29) is 11.9 Å². The molecule has 1 unspecified atom stereocenters. The standard InChI is InChI=1S/C18H31NO3/c1-2-3-4-5-6-7-8-9-10-11-12-13-17(20)19-16-14-15-22-18(16)21/h12-13,16H,2-11,14-15H2,1H3,(H,19,20). The van der Waals surface area contributed by atoms with E-state index in [4.69, 9.17) is 4.74 Å². The first-order valence-electron chi connectivity index (χ1n) is 8.87. The Bertz CT molecular complexity index is 352. The molecule has 0 saturated carbocycles. The molecule has 1 atom stereocenters. The van der Waals surface area contributed by atoms with E-state index in [2.05, 4.69) is 12.2 Å². The highest BCUT2D eigenvalue weighted by Crippen LogP contribution is 2.10. The predicted octanol–water partition coefficient (Wildman–Crippen LogP) is 3.90. The summed E-state index contributed by atoms with van der Waals surface area (Å²) in [6, 6.07) is -0.454. The fraction of sp³-hybridized carbons (Fsp3) is 0.778. The summed E-state index contributed by atoms with van der Waals surface area (Å²) in [5.41, 5.74) is 0. The Morgan fingerprint density at radius 3 is 2.36 bits per heavy atom. The highest BCUT2D eigenvalue weighted by Gasteiger charge is 2.26. The Kier molecular flexibility index (Phi) is 10.4. The monoisotopic (exact) mass is 309 g/mol. The second kappa shape index (κ2) is 12.2. The zero-order valence-corrected chi connectivity index (χ0v) is 13.9. The van der Waals surface area contributed by atoms with Crippen LogP contribution in [0, 0.1) is 0 Å². The quantitative estimate of drug-likeness (QED) is 0.338. The summed E-state index contributed by atoms with van der Waals surface area (Å²) in [5, 5.41) is 2.66. The zero-order chi connectivity index (χ0) is 16.0. The van der Waals surface area contributed by atoms with Gasteiger partial charge in [0.05, 0.1) is 6.61 Å². The van der Waals surface area contributed by atoms with E-state index in [1.807, 2.05) is 6.08 Å². The Hall–Kier alpha value is -1.32. The largest absolute Gasteiger partial charge is 0.464 e. The van der Waals surface area contributed by atoms with Gasteiger partial charge in [-0.2, -0.15) is 0 Å². The number of hydrogen-bond acceptors (Lipinski definition) is 3. The van der Waals surface area contributed by atoms with E-state index in [1.54, 1.807) is 0 Å². The van der Waals surface area contributed by atoms with Gasteiger partial charge in [0.25, 0.3) is 0 Å². The minimum Gasteiger partial charge on any atom is -0.464 e. The summed E-state index contributed by atoms with van der Waals surface area (Å²) in [6.07, 6.45) is 16.7. The van der Waals surface area contributed by atoms with Gasteiger partial charge in [-0.1, -0.05) is 64.4 Å². The van der Waals surface area contributed by atoms with Crippen LogP contribution in [-0.2, 0) is 14.3 Å².